The van der Waals surface area contributed by atoms with Gasteiger partial charge in [-0.2, -0.15) is 0 Å². The Kier molecular flexibility index (Phi) is 6.12. The van der Waals surface area contributed by atoms with E-state index in [2.05, 4.69) is 176 Å². The van der Waals surface area contributed by atoms with Crippen LogP contribution in [0.1, 0.15) is 25.0 Å². The van der Waals surface area contributed by atoms with Crippen LogP contribution in [0.4, 0.5) is 17.1 Å². The summed E-state index contributed by atoms with van der Waals surface area (Å²) in [5, 5.41) is 3.59. The van der Waals surface area contributed by atoms with Crippen molar-refractivity contribution in [1.29, 1.82) is 0 Å². The van der Waals surface area contributed by atoms with Gasteiger partial charge in [-0.3, -0.25) is 0 Å². The van der Waals surface area contributed by atoms with Crippen LogP contribution >= 0.6 is 11.3 Å². The molecule has 1 aromatic heterocycles. The lowest BCUT2D eigenvalue weighted by molar-refractivity contribution is 0.660. The summed E-state index contributed by atoms with van der Waals surface area (Å²) in [4.78, 5) is 8.99. The number of thiazole rings is 1. The van der Waals surface area contributed by atoms with Crippen molar-refractivity contribution in [2.24, 2.45) is 0 Å². The molecule has 2 aliphatic carbocycles. The van der Waals surface area contributed by atoms with E-state index < -0.39 is 0 Å². The van der Waals surface area contributed by atoms with Crippen molar-refractivity contribution < 1.29 is 0 Å². The first-order chi connectivity index (χ1) is 24.0. The van der Waals surface area contributed by atoms with Crippen molar-refractivity contribution in [3.05, 3.63) is 169 Å². The molecule has 7 aromatic carbocycles. The number of anilines is 3. The van der Waals surface area contributed by atoms with Crippen molar-refractivity contribution in [3.63, 3.8) is 0 Å². The molecular formula is C46H32N2S. The third-order valence-corrected chi connectivity index (χ3v) is 11.5. The molecular weight excluding hydrogens is 613 g/mol. The Morgan fingerprint density at radius 1 is 0.490 bits per heavy atom. The van der Waals surface area contributed by atoms with Crippen molar-refractivity contribution in [1.82, 2.24) is 4.98 Å². The fraction of sp³-hybridized carbons (Fsp3) is 0.0652. The van der Waals surface area contributed by atoms with E-state index in [-0.39, 0.29) is 5.41 Å². The highest BCUT2D eigenvalue weighted by Crippen LogP contribution is 2.54. The molecule has 0 aliphatic heterocycles. The Labute approximate surface area is 290 Å². The van der Waals surface area contributed by atoms with E-state index in [4.69, 9.17) is 4.98 Å². The predicted octanol–water partition coefficient (Wildman–Crippen LogP) is 13.1. The number of benzene rings is 7. The zero-order valence-corrected chi connectivity index (χ0v) is 28.1. The van der Waals surface area contributed by atoms with Crippen molar-refractivity contribution >= 4 is 39.2 Å². The van der Waals surface area contributed by atoms with Gasteiger partial charge in [-0.1, -0.05) is 135 Å². The third kappa shape index (κ3) is 4.29. The van der Waals surface area contributed by atoms with Gasteiger partial charge < -0.3 is 4.90 Å². The smallest absolute Gasteiger partial charge is 0.124 e. The summed E-state index contributed by atoms with van der Waals surface area (Å²) in [6.45, 7) is 4.71. The first-order valence-electron chi connectivity index (χ1n) is 16.9. The van der Waals surface area contributed by atoms with E-state index in [0.29, 0.717) is 0 Å². The normalized spacial score (nSPS) is 13.3. The molecule has 3 heteroatoms. The highest BCUT2D eigenvalue weighted by Gasteiger charge is 2.36. The molecule has 0 N–H and O–H groups in total. The minimum absolute atomic E-state index is 0.102. The van der Waals surface area contributed by atoms with Gasteiger partial charge >= 0.3 is 0 Å². The highest BCUT2D eigenvalue weighted by atomic mass is 32.1. The summed E-state index contributed by atoms with van der Waals surface area (Å²) in [5.74, 6) is 0. The molecule has 10 rings (SSSR count). The second kappa shape index (κ2) is 10.6. The number of fused-ring (bicyclic) bond motifs is 6. The first kappa shape index (κ1) is 28.3. The minimum Gasteiger partial charge on any atom is -0.310 e. The molecule has 2 aliphatic rings. The molecule has 0 atom stereocenters. The van der Waals surface area contributed by atoms with E-state index in [9.17, 15) is 0 Å². The second-order valence-corrected chi connectivity index (χ2v) is 14.6. The van der Waals surface area contributed by atoms with Gasteiger partial charge in [0, 0.05) is 39.2 Å². The van der Waals surface area contributed by atoms with Crippen LogP contribution < -0.4 is 4.90 Å². The third-order valence-electron chi connectivity index (χ3n) is 10.4. The molecule has 2 nitrogen and oxygen atoms in total. The SMILES string of the molecule is CC1(C)c2ccccc2-c2ccc(N(c3cccc(-c4ccccc4)c3)c3cc4c5c(cccc5c3)-c3sc(-c5ccccc5)nc3-4)cc21. The predicted molar refractivity (Wildman–Crippen MR) is 207 cm³/mol. The maximum Gasteiger partial charge on any atom is 0.124 e. The quantitative estimate of drug-likeness (QED) is 0.185. The van der Waals surface area contributed by atoms with Crippen LogP contribution in [0, 0.1) is 0 Å². The Balaban J connectivity index is 1.19. The Morgan fingerprint density at radius 3 is 2.00 bits per heavy atom. The standard InChI is InChI=1S/C46H32N2S/c1-46(2)40-22-10-9-20-36(40)37-24-23-34(28-41(37)46)48(33-19-11-17-31(25-33)29-13-5-3-6-14-29)35-26-32-18-12-21-38-42(32)39(27-35)43-44(38)49-45(47-43)30-15-7-4-8-16-30/h3-28H,1-2H3. The lowest BCUT2D eigenvalue weighted by Crippen LogP contribution is -2.16. The number of rotatable bonds is 5. The fourth-order valence-corrected chi connectivity index (χ4v) is 9.16. The Hall–Kier alpha value is -5.77. The largest absolute Gasteiger partial charge is 0.310 e. The first-order valence-corrected chi connectivity index (χ1v) is 17.7. The van der Waals surface area contributed by atoms with Gasteiger partial charge in [-0.15, -0.1) is 11.3 Å². The fourth-order valence-electron chi connectivity index (χ4n) is 8.04. The van der Waals surface area contributed by atoms with Gasteiger partial charge in [0.05, 0.1) is 10.6 Å². The monoisotopic (exact) mass is 644 g/mol. The molecule has 0 amide bonds. The van der Waals surface area contributed by atoms with Crippen LogP contribution in [0.25, 0.3) is 65.3 Å². The average molecular weight is 645 g/mol. The number of hydrogen-bond donors (Lipinski definition) is 0. The van der Waals surface area contributed by atoms with E-state index in [1.54, 1.807) is 11.3 Å². The zero-order chi connectivity index (χ0) is 32.7. The van der Waals surface area contributed by atoms with Crippen LogP contribution in [0.2, 0.25) is 0 Å². The van der Waals surface area contributed by atoms with Crippen LogP contribution in [0.15, 0.2) is 158 Å². The van der Waals surface area contributed by atoms with Gasteiger partial charge in [0.2, 0.25) is 0 Å². The van der Waals surface area contributed by atoms with Gasteiger partial charge in [0.15, 0.2) is 0 Å². The average Bonchev–Trinajstić information content (AvgIpc) is 3.79. The lowest BCUT2D eigenvalue weighted by Gasteiger charge is -2.29. The molecule has 0 spiro atoms. The van der Waals surface area contributed by atoms with Crippen molar-refractivity contribution in [3.8, 4) is 54.5 Å². The molecule has 0 unspecified atom stereocenters. The van der Waals surface area contributed by atoms with E-state index >= 15 is 0 Å². The molecule has 0 saturated carbocycles. The molecule has 0 saturated heterocycles. The van der Waals surface area contributed by atoms with Gasteiger partial charge in [-0.05, 0) is 80.6 Å². The summed E-state index contributed by atoms with van der Waals surface area (Å²) in [6.07, 6.45) is 0. The second-order valence-electron chi connectivity index (χ2n) is 13.6. The van der Waals surface area contributed by atoms with E-state index in [1.165, 1.54) is 60.2 Å². The van der Waals surface area contributed by atoms with Crippen LogP contribution in [0.3, 0.4) is 0 Å². The highest BCUT2D eigenvalue weighted by molar-refractivity contribution is 7.19. The van der Waals surface area contributed by atoms with Crippen molar-refractivity contribution in [2.45, 2.75) is 19.3 Å². The van der Waals surface area contributed by atoms with Gasteiger partial charge in [0.25, 0.3) is 0 Å². The lowest BCUT2D eigenvalue weighted by atomic mass is 9.82. The van der Waals surface area contributed by atoms with Gasteiger partial charge in [-0.25, -0.2) is 4.98 Å². The number of aromatic nitrogens is 1. The maximum atomic E-state index is 5.29. The summed E-state index contributed by atoms with van der Waals surface area (Å²) in [7, 11) is 0. The molecule has 8 aromatic rings. The summed E-state index contributed by atoms with van der Waals surface area (Å²) < 4.78 is 0. The Morgan fingerprint density at radius 2 is 1.16 bits per heavy atom. The topological polar surface area (TPSA) is 16.1 Å². The van der Waals surface area contributed by atoms with Crippen molar-refractivity contribution in [2.75, 3.05) is 4.90 Å². The summed E-state index contributed by atoms with van der Waals surface area (Å²) >= 11 is 1.79. The van der Waals surface area contributed by atoms with Crippen LogP contribution in [0.5, 0.6) is 0 Å². The summed E-state index contributed by atoms with van der Waals surface area (Å²) in [5.41, 5.74) is 15.8. The molecule has 0 radical (unpaired) electrons. The van der Waals surface area contributed by atoms with Crippen LogP contribution in [-0.2, 0) is 5.41 Å². The van der Waals surface area contributed by atoms with Crippen LogP contribution in [-0.4, -0.2) is 4.98 Å². The van der Waals surface area contributed by atoms with Gasteiger partial charge in [0.1, 0.15) is 5.01 Å². The molecule has 0 fully saturated rings. The number of nitrogens with zero attached hydrogens (tertiary/aromatic N) is 2. The summed E-state index contributed by atoms with van der Waals surface area (Å²) in [6, 6.07) is 57.5. The molecule has 1 heterocycles. The molecule has 232 valence electrons. The van der Waals surface area contributed by atoms with E-state index in [0.717, 1.165) is 33.3 Å². The number of hydrogen-bond acceptors (Lipinski definition) is 3. The Bertz CT molecular complexity index is 2580. The minimum atomic E-state index is -0.102. The molecule has 49 heavy (non-hydrogen) atoms. The van der Waals surface area contributed by atoms with E-state index in [1.807, 2.05) is 0 Å². The zero-order valence-electron chi connectivity index (χ0n) is 27.3. The molecule has 0 bridgehead atoms. The maximum absolute atomic E-state index is 5.29.